The number of nitriles is 1. The molecule has 1 fully saturated rings. The maximum Gasteiger partial charge on any atom is 0.408 e. The molecule has 0 unspecified atom stereocenters. The van der Waals surface area contributed by atoms with Crippen LogP contribution in [0.5, 0.6) is 5.75 Å². The molecule has 0 radical (unpaired) electrons. The van der Waals surface area contributed by atoms with Gasteiger partial charge in [-0.25, -0.2) is 4.79 Å². The third-order valence-corrected chi connectivity index (χ3v) is 4.70. The highest BCUT2D eigenvalue weighted by molar-refractivity contribution is 5.71. The number of hydrogen-bond acceptors (Lipinski definition) is 5. The number of carbonyl (C=O) groups excluding carboxylic acids is 1. The minimum atomic E-state index is -0.479. The van der Waals surface area contributed by atoms with Gasteiger partial charge in [0, 0.05) is 23.5 Å². The first kappa shape index (κ1) is 19.0. The zero-order chi connectivity index (χ0) is 20.9. The molecule has 30 heavy (non-hydrogen) atoms. The monoisotopic (exact) mass is 395 g/mol. The minimum Gasteiger partial charge on any atom is -0.497 e. The maximum absolute atomic E-state index is 12.0. The van der Waals surface area contributed by atoms with E-state index in [2.05, 4.69) is 28.2 Å². The van der Waals surface area contributed by atoms with Crippen molar-refractivity contribution < 1.29 is 14.3 Å². The van der Waals surface area contributed by atoms with Crippen LogP contribution in [0.2, 0.25) is 0 Å². The summed E-state index contributed by atoms with van der Waals surface area (Å²) in [5.41, 5.74) is 3.62. The van der Waals surface area contributed by atoms with Gasteiger partial charge in [-0.3, -0.25) is 4.98 Å². The molecule has 0 bridgehead atoms. The molecule has 1 amide bonds. The molecule has 1 N–H and O–H groups in total. The molecule has 1 aromatic heterocycles. The van der Waals surface area contributed by atoms with Crippen molar-refractivity contribution in [2.75, 3.05) is 7.11 Å². The number of amides is 1. The molecule has 1 aliphatic heterocycles. The number of pyridine rings is 1. The van der Waals surface area contributed by atoms with E-state index in [4.69, 9.17) is 14.7 Å². The van der Waals surface area contributed by atoms with Gasteiger partial charge in [0.05, 0.1) is 18.7 Å². The minimum absolute atomic E-state index is 0.352. The second kappa shape index (κ2) is 8.38. The van der Waals surface area contributed by atoms with E-state index in [0.717, 1.165) is 16.7 Å². The van der Waals surface area contributed by atoms with Crippen molar-refractivity contribution in [3.63, 3.8) is 0 Å². The normalized spacial score (nSPS) is 17.1. The molecule has 1 saturated heterocycles. The summed E-state index contributed by atoms with van der Waals surface area (Å²) in [7, 11) is 1.60. The fraction of sp³-hybridized carbons (Fsp3) is 0.125. The quantitative estimate of drug-likeness (QED) is 0.681. The number of aromatic nitrogens is 1. The van der Waals surface area contributed by atoms with Crippen LogP contribution in [0.3, 0.4) is 0 Å². The molecule has 0 saturated carbocycles. The van der Waals surface area contributed by atoms with E-state index in [-0.39, 0.29) is 6.04 Å². The van der Waals surface area contributed by atoms with E-state index >= 15 is 0 Å². The summed E-state index contributed by atoms with van der Waals surface area (Å²) in [4.78, 5) is 16.0. The summed E-state index contributed by atoms with van der Waals surface area (Å²) in [6, 6.07) is 18.5. The number of carbonyl (C=O) groups is 1. The highest BCUT2D eigenvalue weighted by Crippen LogP contribution is 2.37. The number of benzene rings is 2. The highest BCUT2D eigenvalue weighted by Gasteiger charge is 2.36. The van der Waals surface area contributed by atoms with Crippen LogP contribution in [-0.2, 0) is 4.74 Å². The Labute approximate surface area is 174 Å². The first-order chi connectivity index (χ1) is 14.7. The molecule has 146 valence electrons. The average Bonchev–Trinajstić information content (AvgIpc) is 3.20. The van der Waals surface area contributed by atoms with E-state index in [1.165, 1.54) is 6.20 Å². The van der Waals surface area contributed by atoms with Crippen molar-refractivity contribution in [2.24, 2.45) is 0 Å². The van der Waals surface area contributed by atoms with E-state index in [9.17, 15) is 4.79 Å². The molecule has 6 heteroatoms. The lowest BCUT2D eigenvalue weighted by Crippen LogP contribution is -2.19. The lowest BCUT2D eigenvalue weighted by atomic mass is 9.95. The topological polar surface area (TPSA) is 84.2 Å². The second-order valence-electron chi connectivity index (χ2n) is 6.67. The predicted molar refractivity (Wildman–Crippen MR) is 109 cm³/mol. The van der Waals surface area contributed by atoms with Gasteiger partial charge in [-0.2, -0.15) is 5.26 Å². The summed E-state index contributed by atoms with van der Waals surface area (Å²) in [5.74, 6) is 6.81. The van der Waals surface area contributed by atoms with Crippen molar-refractivity contribution in [3.8, 4) is 23.7 Å². The molecular weight excluding hydrogens is 378 g/mol. The number of rotatable bonds is 3. The Morgan fingerprint density at radius 3 is 2.60 bits per heavy atom. The second-order valence-corrected chi connectivity index (χ2v) is 6.67. The summed E-state index contributed by atoms with van der Waals surface area (Å²) >= 11 is 0. The lowest BCUT2D eigenvalue weighted by molar-refractivity contribution is 0.132. The molecule has 6 nitrogen and oxygen atoms in total. The lowest BCUT2D eigenvalue weighted by Gasteiger charge is -2.18. The highest BCUT2D eigenvalue weighted by atomic mass is 16.6. The summed E-state index contributed by atoms with van der Waals surface area (Å²) in [6.45, 7) is 0. The molecular formula is C24H17N3O3. The summed E-state index contributed by atoms with van der Waals surface area (Å²) in [6.07, 6.45) is 2.16. The summed E-state index contributed by atoms with van der Waals surface area (Å²) in [5, 5.41) is 11.9. The van der Waals surface area contributed by atoms with Crippen molar-refractivity contribution in [1.29, 1.82) is 5.26 Å². The molecule has 2 aromatic carbocycles. The molecule has 1 aliphatic rings. The van der Waals surface area contributed by atoms with E-state index in [1.54, 1.807) is 19.4 Å². The standard InChI is InChI=1S/C24H17N3O3/c1-29-21-7-3-6-20(12-21)23-22(27-24(28)30-23)19-5-2-4-16(11-19)8-9-17-10-18(13-25)15-26-14-17/h2-7,10-12,14-15,22-23H,1H3,(H,27,28)/t22-,23-/m1/s1. The third kappa shape index (κ3) is 4.09. The first-order valence-electron chi connectivity index (χ1n) is 9.24. The number of nitrogens with one attached hydrogen (secondary N) is 1. The van der Waals surface area contributed by atoms with Crippen molar-refractivity contribution in [3.05, 3.63) is 94.8 Å². The van der Waals surface area contributed by atoms with Gasteiger partial charge in [0.2, 0.25) is 0 Å². The van der Waals surface area contributed by atoms with Crippen molar-refractivity contribution in [2.45, 2.75) is 12.1 Å². The molecule has 3 aromatic rings. The Morgan fingerprint density at radius 2 is 1.77 bits per heavy atom. The largest absolute Gasteiger partial charge is 0.497 e. The van der Waals surface area contributed by atoms with Crippen molar-refractivity contribution in [1.82, 2.24) is 10.3 Å². The van der Waals surface area contributed by atoms with Crippen LogP contribution in [0.15, 0.2) is 67.0 Å². The summed E-state index contributed by atoms with van der Waals surface area (Å²) < 4.78 is 10.8. The Morgan fingerprint density at radius 1 is 1.00 bits per heavy atom. The molecule has 2 heterocycles. The van der Waals surface area contributed by atoms with Gasteiger partial charge in [0.25, 0.3) is 0 Å². The van der Waals surface area contributed by atoms with Gasteiger partial charge in [-0.05, 0) is 41.5 Å². The number of methoxy groups -OCH3 is 1. The Kier molecular flexibility index (Phi) is 5.32. The fourth-order valence-corrected chi connectivity index (χ4v) is 3.28. The Balaban J connectivity index is 1.63. The van der Waals surface area contributed by atoms with E-state index < -0.39 is 12.2 Å². The molecule has 0 aliphatic carbocycles. The Bertz CT molecular complexity index is 1200. The fourth-order valence-electron chi connectivity index (χ4n) is 3.28. The average molecular weight is 395 g/mol. The van der Waals surface area contributed by atoms with Crippen LogP contribution in [0.4, 0.5) is 4.79 Å². The number of hydrogen-bond donors (Lipinski definition) is 1. The van der Waals surface area contributed by atoms with Crippen molar-refractivity contribution >= 4 is 6.09 Å². The van der Waals surface area contributed by atoms with Crippen LogP contribution in [0.1, 0.15) is 40.0 Å². The van der Waals surface area contributed by atoms with Crippen LogP contribution in [0, 0.1) is 23.2 Å². The molecule has 0 spiro atoms. The van der Waals surface area contributed by atoms with Gasteiger partial charge in [-0.1, -0.05) is 36.1 Å². The van der Waals surface area contributed by atoms with Gasteiger partial charge >= 0.3 is 6.09 Å². The number of nitrogens with zero attached hydrogens (tertiary/aromatic N) is 2. The maximum atomic E-state index is 12.0. The van der Waals surface area contributed by atoms with Crippen LogP contribution in [0.25, 0.3) is 0 Å². The van der Waals surface area contributed by atoms with Gasteiger partial charge in [-0.15, -0.1) is 0 Å². The van der Waals surface area contributed by atoms with Gasteiger partial charge in [0.15, 0.2) is 6.10 Å². The van der Waals surface area contributed by atoms with E-state index in [0.29, 0.717) is 16.9 Å². The molecule has 4 rings (SSSR count). The number of ether oxygens (including phenoxy) is 2. The third-order valence-electron chi connectivity index (χ3n) is 4.70. The predicted octanol–water partition coefficient (Wildman–Crippen LogP) is 3.88. The molecule has 2 atom stereocenters. The number of alkyl carbamates (subject to hydrolysis) is 1. The Hall–Kier alpha value is -4.29. The van der Waals surface area contributed by atoms with E-state index in [1.807, 2.05) is 48.5 Å². The van der Waals surface area contributed by atoms with Gasteiger partial charge < -0.3 is 14.8 Å². The zero-order valence-electron chi connectivity index (χ0n) is 16.1. The number of cyclic esters (lactones) is 1. The zero-order valence-corrected chi connectivity index (χ0v) is 16.1. The van der Waals surface area contributed by atoms with Gasteiger partial charge in [0.1, 0.15) is 11.8 Å². The van der Waals surface area contributed by atoms with Crippen LogP contribution in [-0.4, -0.2) is 18.2 Å². The van der Waals surface area contributed by atoms with Crippen LogP contribution >= 0.6 is 0 Å². The van der Waals surface area contributed by atoms with Crippen LogP contribution < -0.4 is 10.1 Å². The SMILES string of the molecule is COc1cccc([C@H]2OC(=O)N[C@@H]2c2cccc(C#Cc3cncc(C#N)c3)c2)c1. The smallest absolute Gasteiger partial charge is 0.408 e. The first-order valence-corrected chi connectivity index (χ1v) is 9.24.